The number of benzene rings is 1. The molecular weight excluding hydrogens is 338 g/mol. The SMILES string of the molecule is O=C(c1ccc2c(c1)OCO2)N1CCC2(CC1)OCCc1ccsc12. The third-order valence-corrected chi connectivity index (χ3v) is 6.53. The topological polar surface area (TPSA) is 48.0 Å². The number of carbonyl (C=O) groups is 1. The fourth-order valence-corrected chi connectivity index (χ4v) is 5.18. The molecule has 1 amide bonds. The van der Waals surface area contributed by atoms with Crippen LogP contribution in [0, 0.1) is 0 Å². The Bertz CT molecular complexity index is 823. The van der Waals surface area contributed by atoms with Crippen LogP contribution in [0.1, 0.15) is 33.6 Å². The lowest BCUT2D eigenvalue weighted by Gasteiger charge is -2.43. The predicted octanol–water partition coefficient (Wildman–Crippen LogP) is 3.18. The normalized spacial score (nSPS) is 20.6. The molecular formula is C19H19NO4S. The maximum absolute atomic E-state index is 12.9. The molecule has 1 aromatic carbocycles. The lowest BCUT2D eigenvalue weighted by molar-refractivity contribution is -0.0906. The molecule has 0 aliphatic carbocycles. The molecule has 4 heterocycles. The van der Waals surface area contributed by atoms with Gasteiger partial charge in [-0.25, -0.2) is 0 Å². The van der Waals surface area contributed by atoms with Crippen LogP contribution >= 0.6 is 11.3 Å². The highest BCUT2D eigenvalue weighted by Gasteiger charge is 2.42. The minimum atomic E-state index is -0.187. The van der Waals surface area contributed by atoms with Crippen molar-refractivity contribution in [1.29, 1.82) is 0 Å². The molecule has 25 heavy (non-hydrogen) atoms. The zero-order chi connectivity index (χ0) is 16.9. The third-order valence-electron chi connectivity index (χ3n) is 5.39. The maximum Gasteiger partial charge on any atom is 0.253 e. The van der Waals surface area contributed by atoms with E-state index >= 15 is 0 Å². The van der Waals surface area contributed by atoms with Gasteiger partial charge in [-0.05, 0) is 54.5 Å². The standard InChI is InChI=1S/C19H19NO4S/c21-18(14-1-2-15-16(11-14)23-12-22-15)20-7-5-19(6-8-20)17-13(3-9-24-19)4-10-25-17/h1-2,4,10-11H,3,5-9,12H2. The number of hydrogen-bond donors (Lipinski definition) is 0. The number of ether oxygens (including phenoxy) is 3. The van der Waals surface area contributed by atoms with E-state index in [1.165, 1.54) is 10.4 Å². The summed E-state index contributed by atoms with van der Waals surface area (Å²) in [6.45, 7) is 2.43. The lowest BCUT2D eigenvalue weighted by atomic mass is 9.85. The van der Waals surface area contributed by atoms with Gasteiger partial charge in [0.25, 0.3) is 5.91 Å². The molecule has 0 atom stereocenters. The van der Waals surface area contributed by atoms with Crippen molar-refractivity contribution in [2.24, 2.45) is 0 Å². The van der Waals surface area contributed by atoms with Crippen LogP contribution in [-0.2, 0) is 16.8 Å². The molecule has 0 unspecified atom stereocenters. The highest BCUT2D eigenvalue weighted by molar-refractivity contribution is 7.10. The van der Waals surface area contributed by atoms with E-state index in [0.717, 1.165) is 25.9 Å². The van der Waals surface area contributed by atoms with E-state index in [9.17, 15) is 4.79 Å². The molecule has 5 rings (SSSR count). The van der Waals surface area contributed by atoms with Crippen molar-refractivity contribution in [2.75, 3.05) is 26.5 Å². The Balaban J connectivity index is 1.33. The Hall–Kier alpha value is -2.05. The molecule has 0 bridgehead atoms. The zero-order valence-electron chi connectivity index (χ0n) is 13.8. The average molecular weight is 357 g/mol. The monoisotopic (exact) mass is 357 g/mol. The zero-order valence-corrected chi connectivity index (χ0v) is 14.6. The number of rotatable bonds is 1. The van der Waals surface area contributed by atoms with Crippen LogP contribution in [0.5, 0.6) is 11.5 Å². The third kappa shape index (κ3) is 2.43. The Kier molecular flexibility index (Phi) is 3.50. The van der Waals surface area contributed by atoms with Gasteiger partial charge >= 0.3 is 0 Å². The van der Waals surface area contributed by atoms with Crippen molar-refractivity contribution >= 4 is 17.2 Å². The molecule has 0 radical (unpaired) electrons. The Morgan fingerprint density at radius 3 is 2.84 bits per heavy atom. The lowest BCUT2D eigenvalue weighted by Crippen LogP contribution is -2.47. The molecule has 0 N–H and O–H groups in total. The van der Waals surface area contributed by atoms with Gasteiger partial charge in [-0.1, -0.05) is 0 Å². The summed E-state index contributed by atoms with van der Waals surface area (Å²) >= 11 is 1.79. The van der Waals surface area contributed by atoms with Crippen molar-refractivity contribution in [3.63, 3.8) is 0 Å². The Morgan fingerprint density at radius 2 is 1.96 bits per heavy atom. The van der Waals surface area contributed by atoms with Crippen molar-refractivity contribution in [2.45, 2.75) is 24.9 Å². The minimum Gasteiger partial charge on any atom is -0.454 e. The first-order valence-corrected chi connectivity index (χ1v) is 9.53. The summed E-state index contributed by atoms with van der Waals surface area (Å²) in [7, 11) is 0. The van der Waals surface area contributed by atoms with E-state index < -0.39 is 0 Å². The van der Waals surface area contributed by atoms with Gasteiger partial charge in [-0.2, -0.15) is 0 Å². The van der Waals surface area contributed by atoms with Crippen LogP contribution in [0.3, 0.4) is 0 Å². The van der Waals surface area contributed by atoms with Gasteiger partial charge in [0.2, 0.25) is 6.79 Å². The number of piperidine rings is 1. The molecule has 130 valence electrons. The van der Waals surface area contributed by atoms with Crippen molar-refractivity contribution in [3.05, 3.63) is 45.6 Å². The summed E-state index contributed by atoms with van der Waals surface area (Å²) in [6.07, 6.45) is 2.72. The van der Waals surface area contributed by atoms with Gasteiger partial charge in [0.05, 0.1) is 6.61 Å². The number of amides is 1. The number of likely N-dealkylation sites (tertiary alicyclic amines) is 1. The molecule has 0 saturated carbocycles. The maximum atomic E-state index is 12.9. The minimum absolute atomic E-state index is 0.0513. The van der Waals surface area contributed by atoms with E-state index in [1.54, 1.807) is 17.4 Å². The molecule has 1 spiro atoms. The Labute approximate surface area is 150 Å². The van der Waals surface area contributed by atoms with Gasteiger partial charge < -0.3 is 19.1 Å². The molecule has 3 aliphatic rings. The van der Waals surface area contributed by atoms with Crippen molar-refractivity contribution in [1.82, 2.24) is 4.90 Å². The molecule has 1 saturated heterocycles. The average Bonchev–Trinajstić information content (AvgIpc) is 3.31. The van der Waals surface area contributed by atoms with E-state index in [-0.39, 0.29) is 18.3 Å². The summed E-state index contributed by atoms with van der Waals surface area (Å²) in [5.41, 5.74) is 1.89. The van der Waals surface area contributed by atoms with Crippen LogP contribution in [-0.4, -0.2) is 37.3 Å². The van der Waals surface area contributed by atoms with Crippen LogP contribution in [0.4, 0.5) is 0 Å². The largest absolute Gasteiger partial charge is 0.454 e. The number of thiophene rings is 1. The van der Waals surface area contributed by atoms with Gasteiger partial charge in [-0.3, -0.25) is 4.79 Å². The molecule has 1 fully saturated rings. The highest BCUT2D eigenvalue weighted by atomic mass is 32.1. The summed E-state index contributed by atoms with van der Waals surface area (Å²) in [4.78, 5) is 16.2. The summed E-state index contributed by atoms with van der Waals surface area (Å²) in [5, 5.41) is 2.16. The first-order chi connectivity index (χ1) is 12.3. The van der Waals surface area contributed by atoms with Crippen LogP contribution in [0.15, 0.2) is 29.6 Å². The van der Waals surface area contributed by atoms with Crippen molar-refractivity contribution < 1.29 is 19.0 Å². The number of nitrogens with zero attached hydrogens (tertiary/aromatic N) is 1. The van der Waals surface area contributed by atoms with E-state index in [0.29, 0.717) is 30.2 Å². The van der Waals surface area contributed by atoms with Gasteiger partial charge in [0, 0.05) is 23.5 Å². The fourth-order valence-electron chi connectivity index (χ4n) is 4.01. The quantitative estimate of drug-likeness (QED) is 0.786. The summed E-state index contributed by atoms with van der Waals surface area (Å²) in [5.74, 6) is 1.41. The molecule has 2 aromatic rings. The van der Waals surface area contributed by atoms with Crippen LogP contribution in [0.2, 0.25) is 0 Å². The van der Waals surface area contributed by atoms with E-state index in [2.05, 4.69) is 11.4 Å². The first kappa shape index (κ1) is 15.2. The first-order valence-electron chi connectivity index (χ1n) is 8.65. The molecule has 5 nitrogen and oxygen atoms in total. The molecule has 6 heteroatoms. The number of carbonyl (C=O) groups excluding carboxylic acids is 1. The smallest absolute Gasteiger partial charge is 0.253 e. The highest BCUT2D eigenvalue weighted by Crippen LogP contribution is 2.44. The van der Waals surface area contributed by atoms with E-state index in [1.807, 2.05) is 17.0 Å². The second kappa shape index (κ2) is 5.75. The summed E-state index contributed by atoms with van der Waals surface area (Å²) in [6, 6.07) is 7.62. The molecule has 1 aromatic heterocycles. The second-order valence-corrected chi connectivity index (χ2v) is 7.64. The summed E-state index contributed by atoms with van der Waals surface area (Å²) < 4.78 is 16.9. The fraction of sp³-hybridized carbons (Fsp3) is 0.421. The number of hydrogen-bond acceptors (Lipinski definition) is 5. The van der Waals surface area contributed by atoms with Crippen molar-refractivity contribution in [3.8, 4) is 11.5 Å². The van der Waals surface area contributed by atoms with Gasteiger partial charge in [0.1, 0.15) is 5.60 Å². The van der Waals surface area contributed by atoms with Crippen LogP contribution < -0.4 is 9.47 Å². The second-order valence-electron chi connectivity index (χ2n) is 6.73. The van der Waals surface area contributed by atoms with Crippen LogP contribution in [0.25, 0.3) is 0 Å². The Morgan fingerprint density at radius 1 is 1.12 bits per heavy atom. The van der Waals surface area contributed by atoms with Gasteiger partial charge in [-0.15, -0.1) is 11.3 Å². The molecule has 3 aliphatic heterocycles. The predicted molar refractivity (Wildman–Crippen MR) is 93.4 cm³/mol. The number of fused-ring (bicyclic) bond motifs is 3. The van der Waals surface area contributed by atoms with E-state index in [4.69, 9.17) is 14.2 Å². The van der Waals surface area contributed by atoms with Gasteiger partial charge in [0.15, 0.2) is 11.5 Å².